The molecule has 0 radical (unpaired) electrons. The first-order valence-electron chi connectivity index (χ1n) is 7.62. The molecular formula is C16H26N2O4. The van der Waals surface area contributed by atoms with Gasteiger partial charge in [-0.05, 0) is 18.8 Å². The van der Waals surface area contributed by atoms with Crippen molar-refractivity contribution >= 4 is 17.8 Å². The molecule has 0 aliphatic carbocycles. The highest BCUT2D eigenvalue weighted by atomic mass is 16.5. The number of carbonyl (C=O) groups excluding carboxylic acids is 3. The van der Waals surface area contributed by atoms with Gasteiger partial charge < -0.3 is 15.0 Å². The van der Waals surface area contributed by atoms with Crippen LogP contribution in [-0.4, -0.2) is 47.9 Å². The zero-order chi connectivity index (χ0) is 16.9. The molecule has 1 heterocycles. The quantitative estimate of drug-likeness (QED) is 0.567. The SMILES string of the molecule is C=CCC(C(=O)OC)N1CC[C@](NC(C)=O)(C(C)CC)C1=O. The van der Waals surface area contributed by atoms with Crippen LogP contribution in [0.2, 0.25) is 0 Å². The van der Waals surface area contributed by atoms with Crippen LogP contribution in [0.3, 0.4) is 0 Å². The molecule has 3 atom stereocenters. The van der Waals surface area contributed by atoms with Crippen LogP contribution in [0.1, 0.15) is 40.0 Å². The number of likely N-dealkylation sites (tertiary alicyclic amines) is 1. The van der Waals surface area contributed by atoms with E-state index in [4.69, 9.17) is 4.74 Å². The van der Waals surface area contributed by atoms with Crippen molar-refractivity contribution in [3.63, 3.8) is 0 Å². The fraction of sp³-hybridized carbons (Fsp3) is 0.688. The van der Waals surface area contributed by atoms with Gasteiger partial charge in [0.2, 0.25) is 11.8 Å². The third kappa shape index (κ3) is 3.31. The van der Waals surface area contributed by atoms with Crippen LogP contribution in [0, 0.1) is 5.92 Å². The summed E-state index contributed by atoms with van der Waals surface area (Å²) in [5, 5.41) is 2.83. The van der Waals surface area contributed by atoms with Crippen LogP contribution < -0.4 is 5.32 Å². The number of nitrogens with one attached hydrogen (secondary N) is 1. The first-order valence-corrected chi connectivity index (χ1v) is 7.62. The number of nitrogens with zero attached hydrogens (tertiary/aromatic N) is 1. The minimum atomic E-state index is -0.936. The molecule has 6 heteroatoms. The van der Waals surface area contributed by atoms with Crippen LogP contribution >= 0.6 is 0 Å². The minimum Gasteiger partial charge on any atom is -0.467 e. The highest BCUT2D eigenvalue weighted by molar-refractivity contribution is 5.95. The Balaban J connectivity index is 3.12. The summed E-state index contributed by atoms with van der Waals surface area (Å²) in [6.07, 6.45) is 3.17. The summed E-state index contributed by atoms with van der Waals surface area (Å²) in [5.41, 5.74) is -0.936. The first kappa shape index (κ1) is 18.2. The number of esters is 1. The van der Waals surface area contributed by atoms with Gasteiger partial charge in [-0.15, -0.1) is 6.58 Å². The lowest BCUT2D eigenvalue weighted by atomic mass is 9.81. The van der Waals surface area contributed by atoms with Crippen LogP contribution in [-0.2, 0) is 19.1 Å². The maximum absolute atomic E-state index is 13.0. The van der Waals surface area contributed by atoms with Gasteiger partial charge in [0.05, 0.1) is 7.11 Å². The predicted molar refractivity (Wildman–Crippen MR) is 83.0 cm³/mol. The van der Waals surface area contributed by atoms with Crippen LogP contribution in [0.4, 0.5) is 0 Å². The molecule has 1 fully saturated rings. The number of amides is 2. The van der Waals surface area contributed by atoms with Crippen LogP contribution in [0.15, 0.2) is 12.7 Å². The maximum Gasteiger partial charge on any atom is 0.328 e. The number of methoxy groups -OCH3 is 1. The van der Waals surface area contributed by atoms with E-state index < -0.39 is 17.6 Å². The lowest BCUT2D eigenvalue weighted by molar-refractivity contribution is -0.153. The van der Waals surface area contributed by atoms with Crippen molar-refractivity contribution in [2.24, 2.45) is 5.92 Å². The number of hydrogen-bond acceptors (Lipinski definition) is 4. The molecule has 0 aromatic heterocycles. The Morgan fingerprint density at radius 2 is 2.18 bits per heavy atom. The van der Waals surface area contributed by atoms with Crippen molar-refractivity contribution in [2.45, 2.75) is 51.6 Å². The average molecular weight is 310 g/mol. The summed E-state index contributed by atoms with van der Waals surface area (Å²) in [6.45, 7) is 9.37. The Labute approximate surface area is 131 Å². The molecule has 0 aromatic carbocycles. The number of ether oxygens (including phenoxy) is 1. The van der Waals surface area contributed by atoms with E-state index in [1.165, 1.54) is 18.9 Å². The Hall–Kier alpha value is -1.85. The van der Waals surface area contributed by atoms with E-state index in [-0.39, 0.29) is 17.7 Å². The standard InChI is InChI=1S/C16H26N2O4/c1-6-8-13(14(20)22-5)18-10-9-16(15(18)21,11(3)7-2)17-12(4)19/h6,11,13H,1,7-10H2,2-5H3,(H,17,19)/t11?,13?,16-/m0/s1. The highest BCUT2D eigenvalue weighted by Crippen LogP contribution is 2.34. The molecule has 1 rings (SSSR count). The van der Waals surface area contributed by atoms with Crippen LogP contribution in [0.25, 0.3) is 0 Å². The van der Waals surface area contributed by atoms with E-state index >= 15 is 0 Å². The Morgan fingerprint density at radius 3 is 2.64 bits per heavy atom. The zero-order valence-corrected chi connectivity index (χ0v) is 13.8. The third-order valence-corrected chi connectivity index (χ3v) is 4.48. The van der Waals surface area contributed by atoms with E-state index in [2.05, 4.69) is 11.9 Å². The van der Waals surface area contributed by atoms with Gasteiger partial charge in [0, 0.05) is 13.5 Å². The second kappa shape index (κ2) is 7.42. The highest BCUT2D eigenvalue weighted by Gasteiger charge is 2.52. The molecule has 124 valence electrons. The summed E-state index contributed by atoms with van der Waals surface area (Å²) in [7, 11) is 1.30. The van der Waals surface area contributed by atoms with Gasteiger partial charge in [-0.3, -0.25) is 9.59 Å². The summed E-state index contributed by atoms with van der Waals surface area (Å²) in [4.78, 5) is 38.0. The topological polar surface area (TPSA) is 75.7 Å². The Bertz CT molecular complexity index is 463. The molecule has 22 heavy (non-hydrogen) atoms. The van der Waals surface area contributed by atoms with Crippen molar-refractivity contribution in [1.29, 1.82) is 0 Å². The van der Waals surface area contributed by atoms with Gasteiger partial charge in [-0.25, -0.2) is 4.79 Å². The first-order chi connectivity index (χ1) is 10.3. The van der Waals surface area contributed by atoms with Gasteiger partial charge in [0.25, 0.3) is 0 Å². The molecule has 0 bridgehead atoms. The summed E-state index contributed by atoms with van der Waals surface area (Å²) in [6, 6.07) is -0.685. The fourth-order valence-corrected chi connectivity index (χ4v) is 3.06. The minimum absolute atomic E-state index is 0.0177. The van der Waals surface area contributed by atoms with Crippen molar-refractivity contribution < 1.29 is 19.1 Å². The average Bonchev–Trinajstić information content (AvgIpc) is 2.80. The van der Waals surface area contributed by atoms with Crippen molar-refractivity contribution in [3.8, 4) is 0 Å². The second-order valence-electron chi connectivity index (χ2n) is 5.77. The molecule has 0 spiro atoms. The molecule has 1 aliphatic heterocycles. The van der Waals surface area contributed by atoms with Crippen molar-refractivity contribution in [1.82, 2.24) is 10.2 Å². The number of hydrogen-bond donors (Lipinski definition) is 1. The molecular weight excluding hydrogens is 284 g/mol. The zero-order valence-electron chi connectivity index (χ0n) is 13.8. The maximum atomic E-state index is 13.0. The number of rotatable bonds is 7. The molecule has 2 amide bonds. The molecule has 0 saturated carbocycles. The Morgan fingerprint density at radius 1 is 1.55 bits per heavy atom. The smallest absolute Gasteiger partial charge is 0.328 e. The van der Waals surface area contributed by atoms with Gasteiger partial charge in [-0.2, -0.15) is 0 Å². The van der Waals surface area contributed by atoms with Gasteiger partial charge >= 0.3 is 5.97 Å². The molecule has 6 nitrogen and oxygen atoms in total. The monoisotopic (exact) mass is 310 g/mol. The van der Waals surface area contributed by atoms with Crippen molar-refractivity contribution in [3.05, 3.63) is 12.7 Å². The summed E-state index contributed by atoms with van der Waals surface area (Å²) in [5.74, 6) is -0.935. The second-order valence-corrected chi connectivity index (χ2v) is 5.77. The van der Waals surface area contributed by atoms with E-state index in [0.29, 0.717) is 19.4 Å². The molecule has 1 aliphatic rings. The molecule has 2 unspecified atom stereocenters. The normalized spacial score (nSPS) is 23.8. The van der Waals surface area contributed by atoms with Crippen molar-refractivity contribution in [2.75, 3.05) is 13.7 Å². The number of carbonyl (C=O) groups is 3. The van der Waals surface area contributed by atoms with E-state index in [9.17, 15) is 14.4 Å². The van der Waals surface area contributed by atoms with E-state index in [0.717, 1.165) is 6.42 Å². The fourth-order valence-electron chi connectivity index (χ4n) is 3.06. The molecule has 0 aromatic rings. The third-order valence-electron chi connectivity index (χ3n) is 4.48. The molecule has 1 saturated heterocycles. The summed E-state index contributed by atoms with van der Waals surface area (Å²) < 4.78 is 4.79. The Kier molecular flexibility index (Phi) is 6.14. The van der Waals surface area contributed by atoms with E-state index in [1.54, 1.807) is 6.08 Å². The van der Waals surface area contributed by atoms with E-state index in [1.807, 2.05) is 13.8 Å². The van der Waals surface area contributed by atoms with Gasteiger partial charge in [0.1, 0.15) is 11.6 Å². The predicted octanol–water partition coefficient (Wildman–Crippen LogP) is 1.26. The largest absolute Gasteiger partial charge is 0.467 e. The lowest BCUT2D eigenvalue weighted by Gasteiger charge is -2.35. The molecule has 1 N–H and O–H groups in total. The van der Waals surface area contributed by atoms with Gasteiger partial charge in [-0.1, -0.05) is 26.3 Å². The summed E-state index contributed by atoms with van der Waals surface area (Å²) >= 11 is 0. The van der Waals surface area contributed by atoms with Crippen LogP contribution in [0.5, 0.6) is 0 Å². The lowest BCUT2D eigenvalue weighted by Crippen LogP contribution is -2.59. The van der Waals surface area contributed by atoms with Gasteiger partial charge in [0.15, 0.2) is 0 Å².